The number of rotatable bonds is 9. The van der Waals surface area contributed by atoms with Crippen molar-refractivity contribution in [2.24, 2.45) is 5.41 Å². The maximum Gasteiger partial charge on any atom is 0.314 e. The Labute approximate surface area is 150 Å². The Morgan fingerprint density at radius 1 is 1.32 bits per heavy atom. The fourth-order valence-corrected chi connectivity index (χ4v) is 3.28. The number of carbonyl (C=O) groups excluding carboxylic acids is 1. The van der Waals surface area contributed by atoms with Crippen molar-refractivity contribution in [2.45, 2.75) is 19.8 Å². The molecule has 0 amide bonds. The van der Waals surface area contributed by atoms with E-state index in [9.17, 15) is 4.79 Å². The fraction of sp³-hybridized carbons (Fsp3) is 0.381. The van der Waals surface area contributed by atoms with Crippen molar-refractivity contribution in [2.75, 3.05) is 26.8 Å². The number of fused-ring (bicyclic) bond motifs is 1. The first-order chi connectivity index (χ1) is 12.1. The van der Waals surface area contributed by atoms with Crippen LogP contribution in [0.25, 0.3) is 0 Å². The number of hydrogen-bond acceptors (Lipinski definition) is 4. The molecule has 0 radical (unpaired) electrons. The van der Waals surface area contributed by atoms with Crippen LogP contribution < -0.4 is 10.1 Å². The standard InChI is InChI=1S/C21H27NO3/c1-5-8-16(6-2)14-22-15-21(20(23)25-7-3)12-17-9-10-19(24-4)11-18(17)13-21/h5-6,8-11,22H,1-2,7,12-15H2,3-4H3/b16-8+. The van der Waals surface area contributed by atoms with Crippen LogP contribution in [0.15, 0.2) is 55.2 Å². The van der Waals surface area contributed by atoms with Gasteiger partial charge in [-0.25, -0.2) is 0 Å². The maximum absolute atomic E-state index is 12.7. The number of hydrogen-bond donors (Lipinski definition) is 1. The number of ether oxygens (including phenoxy) is 2. The molecule has 1 N–H and O–H groups in total. The van der Waals surface area contributed by atoms with Gasteiger partial charge in [0, 0.05) is 13.1 Å². The van der Waals surface area contributed by atoms with E-state index in [-0.39, 0.29) is 5.97 Å². The quantitative estimate of drug-likeness (QED) is 0.553. The summed E-state index contributed by atoms with van der Waals surface area (Å²) >= 11 is 0. The predicted octanol–water partition coefficient (Wildman–Crippen LogP) is 3.23. The lowest BCUT2D eigenvalue weighted by atomic mass is 9.84. The van der Waals surface area contributed by atoms with E-state index in [2.05, 4.69) is 18.5 Å². The number of carbonyl (C=O) groups is 1. The molecule has 0 aliphatic heterocycles. The fourth-order valence-electron chi connectivity index (χ4n) is 3.28. The highest BCUT2D eigenvalue weighted by Gasteiger charge is 2.45. The monoisotopic (exact) mass is 341 g/mol. The summed E-state index contributed by atoms with van der Waals surface area (Å²) in [5, 5.41) is 3.39. The molecule has 0 bridgehead atoms. The first kappa shape index (κ1) is 19.0. The number of nitrogens with one attached hydrogen (secondary N) is 1. The molecule has 0 heterocycles. The van der Waals surface area contributed by atoms with Crippen LogP contribution in [0.4, 0.5) is 0 Å². The molecule has 2 rings (SSSR count). The third-order valence-corrected chi connectivity index (χ3v) is 4.57. The van der Waals surface area contributed by atoms with Crippen LogP contribution in [0.5, 0.6) is 5.75 Å². The molecule has 0 aromatic heterocycles. The summed E-state index contributed by atoms with van der Waals surface area (Å²) in [4.78, 5) is 12.7. The van der Waals surface area contributed by atoms with E-state index in [1.807, 2.05) is 31.2 Å². The second kappa shape index (κ2) is 8.67. The van der Waals surface area contributed by atoms with Gasteiger partial charge in [0.25, 0.3) is 0 Å². The van der Waals surface area contributed by atoms with Crippen molar-refractivity contribution in [1.29, 1.82) is 0 Å². The van der Waals surface area contributed by atoms with Crippen LogP contribution in [-0.4, -0.2) is 32.8 Å². The zero-order valence-corrected chi connectivity index (χ0v) is 15.1. The molecule has 1 aromatic rings. The lowest BCUT2D eigenvalue weighted by Crippen LogP contribution is -2.43. The second-order valence-corrected chi connectivity index (χ2v) is 6.27. The van der Waals surface area contributed by atoms with Gasteiger partial charge in [0.15, 0.2) is 0 Å². The topological polar surface area (TPSA) is 47.6 Å². The summed E-state index contributed by atoms with van der Waals surface area (Å²) in [5.74, 6) is 0.666. The molecular formula is C21H27NO3. The molecule has 0 spiro atoms. The van der Waals surface area contributed by atoms with Gasteiger partial charge in [-0.05, 0) is 48.6 Å². The van der Waals surface area contributed by atoms with Crippen molar-refractivity contribution < 1.29 is 14.3 Å². The zero-order chi connectivity index (χ0) is 18.3. The molecule has 134 valence electrons. The van der Waals surface area contributed by atoms with Crippen LogP contribution >= 0.6 is 0 Å². The van der Waals surface area contributed by atoms with E-state index >= 15 is 0 Å². The van der Waals surface area contributed by atoms with Gasteiger partial charge in [-0.1, -0.05) is 37.5 Å². The first-order valence-corrected chi connectivity index (χ1v) is 8.56. The highest BCUT2D eigenvalue weighted by atomic mass is 16.5. The molecule has 4 nitrogen and oxygen atoms in total. The Morgan fingerprint density at radius 2 is 2.08 bits per heavy atom. The summed E-state index contributed by atoms with van der Waals surface area (Å²) in [5.41, 5.74) is 2.79. The van der Waals surface area contributed by atoms with Gasteiger partial charge in [0.2, 0.25) is 0 Å². The summed E-state index contributed by atoms with van der Waals surface area (Å²) in [6.07, 6.45) is 6.76. The Hall–Kier alpha value is -2.33. The summed E-state index contributed by atoms with van der Waals surface area (Å²) < 4.78 is 10.7. The van der Waals surface area contributed by atoms with Crippen molar-refractivity contribution >= 4 is 5.97 Å². The van der Waals surface area contributed by atoms with Crippen molar-refractivity contribution in [3.8, 4) is 5.75 Å². The van der Waals surface area contributed by atoms with E-state index in [4.69, 9.17) is 9.47 Å². The lowest BCUT2D eigenvalue weighted by molar-refractivity contribution is -0.154. The Balaban J connectivity index is 2.17. The minimum Gasteiger partial charge on any atom is -0.497 e. The smallest absolute Gasteiger partial charge is 0.314 e. The van der Waals surface area contributed by atoms with E-state index in [1.54, 1.807) is 19.3 Å². The van der Waals surface area contributed by atoms with Crippen LogP contribution in [0.1, 0.15) is 18.1 Å². The highest BCUT2D eigenvalue weighted by molar-refractivity contribution is 5.79. The minimum atomic E-state index is -0.578. The number of methoxy groups -OCH3 is 1. The van der Waals surface area contributed by atoms with Crippen LogP contribution in [0.2, 0.25) is 0 Å². The maximum atomic E-state index is 12.7. The van der Waals surface area contributed by atoms with Gasteiger partial charge in [0.1, 0.15) is 5.75 Å². The van der Waals surface area contributed by atoms with Gasteiger partial charge in [-0.2, -0.15) is 0 Å². The van der Waals surface area contributed by atoms with Crippen LogP contribution in [0, 0.1) is 5.41 Å². The third kappa shape index (κ3) is 4.40. The van der Waals surface area contributed by atoms with Crippen LogP contribution in [0.3, 0.4) is 0 Å². The molecule has 1 atom stereocenters. The van der Waals surface area contributed by atoms with Crippen molar-refractivity contribution in [3.05, 3.63) is 66.3 Å². The average molecular weight is 341 g/mol. The van der Waals surface area contributed by atoms with Crippen molar-refractivity contribution in [3.63, 3.8) is 0 Å². The van der Waals surface area contributed by atoms with E-state index < -0.39 is 5.41 Å². The summed E-state index contributed by atoms with van der Waals surface area (Å²) in [7, 11) is 1.65. The van der Waals surface area contributed by atoms with E-state index in [0.717, 1.165) is 16.9 Å². The molecule has 1 unspecified atom stereocenters. The highest BCUT2D eigenvalue weighted by Crippen LogP contribution is 2.39. The lowest BCUT2D eigenvalue weighted by Gasteiger charge is -2.27. The van der Waals surface area contributed by atoms with Gasteiger partial charge in [-0.3, -0.25) is 4.79 Å². The molecule has 1 aromatic carbocycles. The molecule has 4 heteroatoms. The van der Waals surface area contributed by atoms with Gasteiger partial charge >= 0.3 is 5.97 Å². The molecule has 0 fully saturated rings. The number of benzene rings is 1. The van der Waals surface area contributed by atoms with Gasteiger partial charge in [-0.15, -0.1) is 0 Å². The van der Waals surface area contributed by atoms with Gasteiger partial charge < -0.3 is 14.8 Å². The Morgan fingerprint density at radius 3 is 2.72 bits per heavy atom. The van der Waals surface area contributed by atoms with Crippen molar-refractivity contribution in [1.82, 2.24) is 5.32 Å². The molecule has 25 heavy (non-hydrogen) atoms. The number of esters is 1. The van der Waals surface area contributed by atoms with Crippen LogP contribution in [-0.2, 0) is 22.4 Å². The second-order valence-electron chi connectivity index (χ2n) is 6.27. The Kier molecular flexibility index (Phi) is 6.59. The summed E-state index contributed by atoms with van der Waals surface area (Å²) in [6, 6.07) is 6.00. The molecular weight excluding hydrogens is 314 g/mol. The third-order valence-electron chi connectivity index (χ3n) is 4.57. The molecule has 0 saturated carbocycles. The predicted molar refractivity (Wildman–Crippen MR) is 101 cm³/mol. The van der Waals surface area contributed by atoms with Gasteiger partial charge in [0.05, 0.1) is 19.1 Å². The summed E-state index contributed by atoms with van der Waals surface area (Å²) in [6.45, 7) is 10.9. The molecule has 1 aliphatic carbocycles. The average Bonchev–Trinajstić information content (AvgIpc) is 2.99. The SMILES string of the molecule is C=C/C=C(\C=C)CNCC1(C(=O)OCC)Cc2ccc(OC)cc2C1. The van der Waals surface area contributed by atoms with E-state index in [1.165, 1.54) is 5.56 Å². The van der Waals surface area contributed by atoms with E-state index in [0.29, 0.717) is 32.5 Å². The first-order valence-electron chi connectivity index (χ1n) is 8.56. The largest absolute Gasteiger partial charge is 0.497 e. The number of allylic oxidation sites excluding steroid dienone is 2. The molecule has 1 aliphatic rings. The molecule has 0 saturated heterocycles. The Bertz CT molecular complexity index is 678. The normalized spacial score (nSPS) is 19.2. The zero-order valence-electron chi connectivity index (χ0n) is 15.1. The minimum absolute atomic E-state index is 0.148.